The second kappa shape index (κ2) is 9.12. The zero-order valence-corrected chi connectivity index (χ0v) is 15.2. The van der Waals surface area contributed by atoms with Crippen LogP contribution in [0.5, 0.6) is 5.75 Å². The van der Waals surface area contributed by atoms with Gasteiger partial charge in [-0.1, -0.05) is 18.6 Å². The number of nitrogens with two attached hydrogens (primary N) is 1. The van der Waals surface area contributed by atoms with Crippen molar-refractivity contribution in [2.24, 2.45) is 10.7 Å². The fourth-order valence-corrected chi connectivity index (χ4v) is 3.17. The maximum atomic E-state index is 12.1. The maximum absolute atomic E-state index is 12.1. The largest absolute Gasteiger partial charge is 0.573 e. The van der Waals surface area contributed by atoms with E-state index >= 15 is 0 Å². The van der Waals surface area contributed by atoms with Crippen LogP contribution < -0.4 is 15.8 Å². The highest BCUT2D eigenvalue weighted by atomic mass is 19.4. The van der Waals surface area contributed by atoms with E-state index in [1.807, 2.05) is 0 Å². The minimum absolute atomic E-state index is 0.249. The zero-order valence-electron chi connectivity index (χ0n) is 15.2. The average molecular weight is 372 g/mol. The first-order valence-electron chi connectivity index (χ1n) is 8.89. The standard InChI is InChI=1S/C18H27F3N4O/c1-13-5-3-4-10-25(13)14(2)11-23-17(22)24-12-15-6-8-16(9-7-15)26-18(19,20)21/h6-9,13-14H,3-5,10-12H2,1-2H3,(H3,22,23,24). The summed E-state index contributed by atoms with van der Waals surface area (Å²) < 4.78 is 40.2. The lowest BCUT2D eigenvalue weighted by molar-refractivity contribution is -0.274. The fourth-order valence-electron chi connectivity index (χ4n) is 3.17. The van der Waals surface area contributed by atoms with Gasteiger partial charge in [-0.25, -0.2) is 4.99 Å². The number of rotatable bonds is 6. The third-order valence-electron chi connectivity index (χ3n) is 4.59. The number of benzene rings is 1. The van der Waals surface area contributed by atoms with Gasteiger partial charge in [-0.15, -0.1) is 13.2 Å². The lowest BCUT2D eigenvalue weighted by Gasteiger charge is -2.38. The first-order chi connectivity index (χ1) is 12.2. The summed E-state index contributed by atoms with van der Waals surface area (Å²) in [6.45, 7) is 6.52. The van der Waals surface area contributed by atoms with E-state index in [0.717, 1.165) is 12.1 Å². The van der Waals surface area contributed by atoms with Gasteiger partial charge >= 0.3 is 6.36 Å². The molecule has 26 heavy (non-hydrogen) atoms. The Labute approximate surface area is 152 Å². The van der Waals surface area contributed by atoms with Gasteiger partial charge in [0.15, 0.2) is 5.96 Å². The van der Waals surface area contributed by atoms with E-state index in [2.05, 4.69) is 33.8 Å². The van der Waals surface area contributed by atoms with Crippen molar-refractivity contribution in [1.29, 1.82) is 0 Å². The molecule has 0 bridgehead atoms. The topological polar surface area (TPSA) is 62.9 Å². The molecule has 0 radical (unpaired) electrons. The summed E-state index contributed by atoms with van der Waals surface area (Å²) in [5.41, 5.74) is 6.65. The molecule has 5 nitrogen and oxygen atoms in total. The van der Waals surface area contributed by atoms with Crippen LogP contribution in [0, 0.1) is 0 Å². The van der Waals surface area contributed by atoms with Crippen LogP contribution in [0.2, 0.25) is 0 Å². The molecule has 0 amide bonds. The Morgan fingerprint density at radius 2 is 2.04 bits per heavy atom. The number of ether oxygens (including phenoxy) is 1. The Morgan fingerprint density at radius 1 is 1.35 bits per heavy atom. The van der Waals surface area contributed by atoms with Crippen molar-refractivity contribution in [1.82, 2.24) is 10.2 Å². The summed E-state index contributed by atoms with van der Waals surface area (Å²) >= 11 is 0. The van der Waals surface area contributed by atoms with Crippen LogP contribution in [0.25, 0.3) is 0 Å². The van der Waals surface area contributed by atoms with Crippen LogP contribution >= 0.6 is 0 Å². The van der Waals surface area contributed by atoms with Crippen LogP contribution in [0.3, 0.4) is 0 Å². The number of piperidine rings is 1. The number of halogens is 3. The van der Waals surface area contributed by atoms with E-state index in [1.165, 1.54) is 43.5 Å². The number of alkyl halides is 3. The Morgan fingerprint density at radius 3 is 2.65 bits per heavy atom. The van der Waals surface area contributed by atoms with Gasteiger partial charge in [-0.2, -0.15) is 0 Å². The SMILES string of the molecule is CC1CCCCN1C(C)CNC(N)=NCc1ccc(OC(F)(F)F)cc1. The van der Waals surface area contributed by atoms with Gasteiger partial charge in [-0.05, 0) is 50.9 Å². The summed E-state index contributed by atoms with van der Waals surface area (Å²) in [5, 5.41) is 3.13. The molecule has 1 fully saturated rings. The quantitative estimate of drug-likeness (QED) is 0.594. The maximum Gasteiger partial charge on any atom is 0.573 e. The second-order valence-corrected chi connectivity index (χ2v) is 6.71. The molecule has 1 aromatic carbocycles. The molecule has 1 aliphatic rings. The Bertz CT molecular complexity index is 589. The molecule has 0 spiro atoms. The molecule has 1 heterocycles. The Hall–Kier alpha value is -1.96. The molecule has 0 aliphatic carbocycles. The zero-order chi connectivity index (χ0) is 19.2. The molecule has 8 heteroatoms. The van der Waals surface area contributed by atoms with Crippen molar-refractivity contribution in [3.8, 4) is 5.75 Å². The molecular formula is C18H27F3N4O. The normalized spacial score (nSPS) is 20.7. The predicted molar refractivity (Wildman–Crippen MR) is 95.9 cm³/mol. The van der Waals surface area contributed by atoms with Crippen LogP contribution in [0.1, 0.15) is 38.7 Å². The summed E-state index contributed by atoms with van der Waals surface area (Å²) in [5.74, 6) is 0.0814. The van der Waals surface area contributed by atoms with Gasteiger partial charge in [0.05, 0.1) is 6.54 Å². The van der Waals surface area contributed by atoms with Gasteiger partial charge in [0.1, 0.15) is 5.75 Å². The second-order valence-electron chi connectivity index (χ2n) is 6.71. The van der Waals surface area contributed by atoms with Crippen molar-refractivity contribution >= 4 is 5.96 Å². The third kappa shape index (κ3) is 6.74. The van der Waals surface area contributed by atoms with E-state index in [9.17, 15) is 13.2 Å². The van der Waals surface area contributed by atoms with E-state index in [0.29, 0.717) is 31.1 Å². The minimum Gasteiger partial charge on any atom is -0.406 e. The minimum atomic E-state index is -4.68. The lowest BCUT2D eigenvalue weighted by Crippen LogP contribution is -2.49. The van der Waals surface area contributed by atoms with E-state index in [1.54, 1.807) is 0 Å². The fraction of sp³-hybridized carbons (Fsp3) is 0.611. The van der Waals surface area contributed by atoms with Gasteiger partial charge in [-0.3, -0.25) is 4.90 Å². The van der Waals surface area contributed by atoms with Crippen LogP contribution in [0.4, 0.5) is 13.2 Å². The molecule has 2 atom stereocenters. The number of hydrogen-bond acceptors (Lipinski definition) is 3. The van der Waals surface area contributed by atoms with Crippen LogP contribution in [0.15, 0.2) is 29.3 Å². The third-order valence-corrected chi connectivity index (χ3v) is 4.59. The number of nitrogens with zero attached hydrogens (tertiary/aromatic N) is 2. The van der Waals surface area contributed by atoms with Crippen molar-refractivity contribution in [3.05, 3.63) is 29.8 Å². The number of hydrogen-bond donors (Lipinski definition) is 2. The monoisotopic (exact) mass is 372 g/mol. The lowest BCUT2D eigenvalue weighted by atomic mass is 10.0. The summed E-state index contributed by atoms with van der Waals surface area (Å²) in [4.78, 5) is 6.71. The number of nitrogens with one attached hydrogen (secondary N) is 1. The van der Waals surface area contributed by atoms with Crippen LogP contribution in [-0.2, 0) is 6.54 Å². The summed E-state index contributed by atoms with van der Waals surface area (Å²) in [6.07, 6.45) is -0.945. The molecule has 146 valence electrons. The Balaban J connectivity index is 1.78. The number of aliphatic imine (C=N–C) groups is 1. The highest BCUT2D eigenvalue weighted by Gasteiger charge is 2.30. The molecule has 2 unspecified atom stereocenters. The molecule has 1 aromatic rings. The highest BCUT2D eigenvalue weighted by Crippen LogP contribution is 2.23. The average Bonchev–Trinajstić information content (AvgIpc) is 2.58. The van der Waals surface area contributed by atoms with E-state index in [4.69, 9.17) is 5.73 Å². The molecule has 0 aromatic heterocycles. The van der Waals surface area contributed by atoms with Crippen molar-refractivity contribution in [3.63, 3.8) is 0 Å². The number of guanidine groups is 1. The summed E-state index contributed by atoms with van der Waals surface area (Å²) in [7, 11) is 0. The van der Waals surface area contributed by atoms with Gasteiger partial charge in [0.25, 0.3) is 0 Å². The molecule has 3 N–H and O–H groups in total. The number of likely N-dealkylation sites (tertiary alicyclic amines) is 1. The molecule has 0 saturated carbocycles. The van der Waals surface area contributed by atoms with Crippen molar-refractivity contribution in [2.45, 2.75) is 58.1 Å². The molecule has 2 rings (SSSR count). The molecule has 1 aliphatic heterocycles. The predicted octanol–water partition coefficient (Wildman–Crippen LogP) is 3.25. The molecule has 1 saturated heterocycles. The van der Waals surface area contributed by atoms with Crippen molar-refractivity contribution in [2.75, 3.05) is 13.1 Å². The first kappa shape index (κ1) is 20.4. The van der Waals surface area contributed by atoms with Gasteiger partial charge in [0, 0.05) is 18.6 Å². The Kier molecular flexibility index (Phi) is 7.14. The van der Waals surface area contributed by atoms with E-state index in [-0.39, 0.29) is 5.75 Å². The first-order valence-corrected chi connectivity index (χ1v) is 8.89. The summed E-state index contributed by atoms with van der Waals surface area (Å²) in [6, 6.07) is 6.55. The van der Waals surface area contributed by atoms with Crippen molar-refractivity contribution < 1.29 is 17.9 Å². The van der Waals surface area contributed by atoms with Gasteiger partial charge in [0.2, 0.25) is 0 Å². The van der Waals surface area contributed by atoms with E-state index < -0.39 is 6.36 Å². The highest BCUT2D eigenvalue weighted by molar-refractivity contribution is 5.77. The van der Waals surface area contributed by atoms with Gasteiger partial charge < -0.3 is 15.8 Å². The smallest absolute Gasteiger partial charge is 0.406 e. The van der Waals surface area contributed by atoms with Crippen LogP contribution in [-0.4, -0.2) is 42.4 Å². The molecular weight excluding hydrogens is 345 g/mol.